The number of nitrogens with one attached hydrogen (secondary N) is 2. The Kier molecular flexibility index (Phi) is 7.37. The molecule has 0 aromatic heterocycles. The highest BCUT2D eigenvalue weighted by molar-refractivity contribution is 6.30. The van der Waals surface area contributed by atoms with E-state index in [1.54, 1.807) is 48.5 Å². The molecule has 6 nitrogen and oxygen atoms in total. The molecule has 0 aliphatic rings. The summed E-state index contributed by atoms with van der Waals surface area (Å²) in [5.41, 5.74) is 1.44. The van der Waals surface area contributed by atoms with E-state index in [1.165, 1.54) is 6.92 Å². The molecule has 2 unspecified atom stereocenters. The summed E-state index contributed by atoms with van der Waals surface area (Å²) in [7, 11) is 0. The number of carbonyl (C=O) groups excluding carboxylic acids is 2. The molecule has 2 aromatic rings. The second-order valence-electron chi connectivity index (χ2n) is 6.14. The molecule has 0 radical (unpaired) electrons. The van der Waals surface area contributed by atoms with Crippen molar-refractivity contribution in [2.24, 2.45) is 0 Å². The first-order valence-electron chi connectivity index (χ1n) is 8.44. The predicted octanol–water partition coefficient (Wildman–Crippen LogP) is 3.24. The van der Waals surface area contributed by atoms with E-state index in [0.717, 1.165) is 5.56 Å². The van der Waals surface area contributed by atoms with E-state index in [0.29, 0.717) is 10.6 Å². The summed E-state index contributed by atoms with van der Waals surface area (Å²) in [6, 6.07) is 14.5. The third-order valence-electron chi connectivity index (χ3n) is 3.96. The number of hydrogen-bond donors (Lipinski definition) is 3. The van der Waals surface area contributed by atoms with Gasteiger partial charge in [-0.2, -0.15) is 0 Å². The van der Waals surface area contributed by atoms with E-state index in [9.17, 15) is 14.4 Å². The number of carboxylic acids is 1. The minimum absolute atomic E-state index is 0.0236. The first-order chi connectivity index (χ1) is 12.8. The second kappa shape index (κ2) is 9.73. The van der Waals surface area contributed by atoms with Crippen LogP contribution in [0.25, 0.3) is 0 Å². The SMILES string of the molecule is CC(=O)NC(CC(=O)NC(CC(=O)O)c1ccccc1)c1ccc(Cl)cc1. The molecule has 0 aliphatic carbocycles. The maximum Gasteiger partial charge on any atom is 0.305 e. The zero-order chi connectivity index (χ0) is 19.8. The fourth-order valence-corrected chi connectivity index (χ4v) is 2.87. The number of aliphatic carboxylic acids is 1. The molecule has 0 bridgehead atoms. The van der Waals surface area contributed by atoms with Crippen molar-refractivity contribution in [3.63, 3.8) is 0 Å². The minimum atomic E-state index is -1.01. The highest BCUT2D eigenvalue weighted by atomic mass is 35.5. The first-order valence-corrected chi connectivity index (χ1v) is 8.81. The molecule has 142 valence electrons. The molecular formula is C20H21ClN2O4. The van der Waals surface area contributed by atoms with Crippen LogP contribution in [0.1, 0.15) is 43.0 Å². The van der Waals surface area contributed by atoms with Gasteiger partial charge >= 0.3 is 5.97 Å². The normalized spacial score (nSPS) is 12.7. The van der Waals surface area contributed by atoms with Gasteiger partial charge in [-0.1, -0.05) is 54.1 Å². The van der Waals surface area contributed by atoms with Crippen LogP contribution < -0.4 is 10.6 Å². The summed E-state index contributed by atoms with van der Waals surface area (Å²) >= 11 is 5.89. The molecule has 7 heteroatoms. The van der Waals surface area contributed by atoms with Gasteiger partial charge in [0, 0.05) is 11.9 Å². The largest absolute Gasteiger partial charge is 0.481 e. The van der Waals surface area contributed by atoms with Crippen molar-refractivity contribution in [2.45, 2.75) is 31.8 Å². The Bertz CT molecular complexity index is 793. The van der Waals surface area contributed by atoms with Gasteiger partial charge in [-0.15, -0.1) is 0 Å². The highest BCUT2D eigenvalue weighted by Crippen LogP contribution is 2.21. The smallest absolute Gasteiger partial charge is 0.305 e. The van der Waals surface area contributed by atoms with Crippen LogP contribution in [0.15, 0.2) is 54.6 Å². The van der Waals surface area contributed by atoms with Crippen molar-refractivity contribution in [2.75, 3.05) is 0 Å². The molecule has 2 atom stereocenters. The first kappa shape index (κ1) is 20.5. The van der Waals surface area contributed by atoms with Crippen LogP contribution in [-0.2, 0) is 14.4 Å². The molecule has 3 N–H and O–H groups in total. The lowest BCUT2D eigenvalue weighted by molar-refractivity contribution is -0.137. The topological polar surface area (TPSA) is 95.5 Å². The Morgan fingerprint density at radius 3 is 2.00 bits per heavy atom. The standard InChI is InChI=1S/C20H21ClN2O4/c1-13(24)22-17(15-7-9-16(21)10-8-15)11-19(25)23-18(12-20(26)27)14-5-3-2-4-6-14/h2-10,17-18H,11-12H2,1H3,(H,22,24)(H,23,25)(H,26,27). The van der Waals surface area contributed by atoms with Gasteiger partial charge in [0.2, 0.25) is 11.8 Å². The lowest BCUT2D eigenvalue weighted by Crippen LogP contribution is -2.35. The van der Waals surface area contributed by atoms with Crippen LogP contribution in [0.3, 0.4) is 0 Å². The average molecular weight is 389 g/mol. The minimum Gasteiger partial charge on any atom is -0.481 e. The van der Waals surface area contributed by atoms with E-state index in [1.807, 2.05) is 6.07 Å². The third-order valence-corrected chi connectivity index (χ3v) is 4.21. The van der Waals surface area contributed by atoms with Crippen LogP contribution in [0.2, 0.25) is 5.02 Å². The van der Waals surface area contributed by atoms with E-state index in [-0.39, 0.29) is 24.7 Å². The molecule has 2 rings (SSSR count). The van der Waals surface area contributed by atoms with Crippen molar-refractivity contribution in [3.05, 3.63) is 70.7 Å². The van der Waals surface area contributed by atoms with Crippen molar-refractivity contribution in [1.82, 2.24) is 10.6 Å². The summed E-state index contributed by atoms with van der Waals surface area (Å²) in [5, 5.41) is 15.2. The quantitative estimate of drug-likeness (QED) is 0.646. The number of rotatable bonds is 8. The number of amides is 2. The summed E-state index contributed by atoms with van der Waals surface area (Å²) in [6.45, 7) is 1.37. The Morgan fingerprint density at radius 2 is 1.44 bits per heavy atom. The van der Waals surface area contributed by atoms with Crippen molar-refractivity contribution >= 4 is 29.4 Å². The van der Waals surface area contributed by atoms with Crippen LogP contribution in [0, 0.1) is 0 Å². The number of carbonyl (C=O) groups is 3. The van der Waals surface area contributed by atoms with Crippen LogP contribution >= 0.6 is 11.6 Å². The lowest BCUT2D eigenvalue weighted by atomic mass is 10.0. The monoisotopic (exact) mass is 388 g/mol. The molecule has 0 saturated carbocycles. The molecule has 0 spiro atoms. The lowest BCUT2D eigenvalue weighted by Gasteiger charge is -2.21. The van der Waals surface area contributed by atoms with Crippen LogP contribution in [0.5, 0.6) is 0 Å². The summed E-state index contributed by atoms with van der Waals surface area (Å²) in [5.74, 6) is -1.65. The maximum absolute atomic E-state index is 12.6. The van der Waals surface area contributed by atoms with Crippen molar-refractivity contribution < 1.29 is 19.5 Å². The van der Waals surface area contributed by atoms with Crippen LogP contribution in [-0.4, -0.2) is 22.9 Å². The van der Waals surface area contributed by atoms with Gasteiger partial charge in [-0.3, -0.25) is 14.4 Å². The van der Waals surface area contributed by atoms with Gasteiger partial charge in [0.05, 0.1) is 24.9 Å². The molecule has 0 aliphatic heterocycles. The summed E-state index contributed by atoms with van der Waals surface area (Å²) in [4.78, 5) is 35.2. The Labute approximate surface area is 162 Å². The molecule has 27 heavy (non-hydrogen) atoms. The summed E-state index contributed by atoms with van der Waals surface area (Å²) < 4.78 is 0. The van der Waals surface area contributed by atoms with Gasteiger partial charge in [0.15, 0.2) is 0 Å². The number of carboxylic acid groups (broad SMARTS) is 1. The van der Waals surface area contributed by atoms with Crippen molar-refractivity contribution in [3.8, 4) is 0 Å². The number of benzene rings is 2. The molecule has 2 amide bonds. The van der Waals surface area contributed by atoms with E-state index in [2.05, 4.69) is 10.6 Å². The average Bonchev–Trinajstić information content (AvgIpc) is 2.61. The van der Waals surface area contributed by atoms with E-state index < -0.39 is 18.1 Å². The molecule has 2 aromatic carbocycles. The van der Waals surface area contributed by atoms with Gasteiger partial charge in [-0.25, -0.2) is 0 Å². The Balaban J connectivity index is 2.13. The molecule has 0 heterocycles. The zero-order valence-corrected chi connectivity index (χ0v) is 15.6. The number of hydrogen-bond acceptors (Lipinski definition) is 3. The van der Waals surface area contributed by atoms with Gasteiger partial charge in [0.1, 0.15) is 0 Å². The van der Waals surface area contributed by atoms with Crippen molar-refractivity contribution in [1.29, 1.82) is 0 Å². The zero-order valence-electron chi connectivity index (χ0n) is 14.8. The summed E-state index contributed by atoms with van der Waals surface area (Å²) in [6.07, 6.45) is -0.258. The van der Waals surface area contributed by atoms with E-state index >= 15 is 0 Å². The van der Waals surface area contributed by atoms with Crippen LogP contribution in [0.4, 0.5) is 0 Å². The van der Waals surface area contributed by atoms with Gasteiger partial charge in [0.25, 0.3) is 0 Å². The Hall–Kier alpha value is -2.86. The third kappa shape index (κ3) is 6.75. The fraction of sp³-hybridized carbons (Fsp3) is 0.250. The number of halogens is 1. The predicted molar refractivity (Wildman–Crippen MR) is 102 cm³/mol. The second-order valence-corrected chi connectivity index (χ2v) is 6.57. The maximum atomic E-state index is 12.6. The van der Waals surface area contributed by atoms with Gasteiger partial charge < -0.3 is 15.7 Å². The highest BCUT2D eigenvalue weighted by Gasteiger charge is 2.22. The fourth-order valence-electron chi connectivity index (χ4n) is 2.74. The molecule has 0 fully saturated rings. The van der Waals surface area contributed by atoms with Gasteiger partial charge in [-0.05, 0) is 23.3 Å². The Morgan fingerprint density at radius 1 is 0.889 bits per heavy atom. The van der Waals surface area contributed by atoms with E-state index in [4.69, 9.17) is 16.7 Å². The molecular weight excluding hydrogens is 368 g/mol. The molecule has 0 saturated heterocycles.